The first-order valence-electron chi connectivity index (χ1n) is 22.7. The van der Waals surface area contributed by atoms with Gasteiger partial charge in [-0.1, -0.05) is 53.3 Å². The first kappa shape index (κ1) is 48.6. The molecule has 17 nitrogen and oxygen atoms in total. The molecule has 8 rings (SSSR count). The van der Waals surface area contributed by atoms with Gasteiger partial charge in [0, 0.05) is 104 Å². The van der Waals surface area contributed by atoms with Crippen molar-refractivity contribution in [2.75, 3.05) is 74.1 Å². The molecule has 0 saturated carbocycles. The summed E-state index contributed by atoms with van der Waals surface area (Å²) in [7, 11) is -7.19. The molecule has 0 radical (unpaired) electrons. The van der Waals surface area contributed by atoms with E-state index in [4.69, 9.17) is 21.6 Å². The highest BCUT2D eigenvalue weighted by Gasteiger charge is 2.31. The summed E-state index contributed by atoms with van der Waals surface area (Å²) in [6, 6.07) is 20.0. The molecule has 5 aromatic rings. The summed E-state index contributed by atoms with van der Waals surface area (Å²) < 4.78 is 50.3. The number of H-pyrrole nitrogens is 1. The molecule has 4 N–H and O–H groups in total. The molecule has 360 valence electrons. The van der Waals surface area contributed by atoms with Crippen molar-refractivity contribution in [3.8, 4) is 17.7 Å². The maximum atomic E-state index is 14.0. The molecule has 1 amide bonds. The Bertz CT molecular complexity index is 2930. The van der Waals surface area contributed by atoms with Crippen molar-refractivity contribution in [1.82, 2.24) is 24.5 Å². The molecule has 3 aromatic carbocycles. The van der Waals surface area contributed by atoms with E-state index in [2.05, 4.69) is 65.0 Å². The van der Waals surface area contributed by atoms with E-state index in [-0.39, 0.29) is 28.5 Å². The lowest BCUT2D eigenvalue weighted by atomic mass is 9.72. The number of aromatic amines is 1. The Kier molecular flexibility index (Phi) is 14.6. The topological polar surface area (TPSA) is 222 Å². The highest BCUT2D eigenvalue weighted by Crippen LogP contribution is 2.43. The normalized spacial score (nSPS) is 18.6. The average Bonchev–Trinajstić information content (AvgIpc) is 3.78. The van der Waals surface area contributed by atoms with Crippen molar-refractivity contribution >= 4 is 71.3 Å². The number of thiol groups is 1. The number of nitriles is 1. The van der Waals surface area contributed by atoms with Gasteiger partial charge in [0.1, 0.15) is 22.8 Å². The number of rotatable bonds is 15. The van der Waals surface area contributed by atoms with E-state index in [9.17, 15) is 27.9 Å². The van der Waals surface area contributed by atoms with Crippen molar-refractivity contribution in [2.24, 2.45) is 9.78 Å². The van der Waals surface area contributed by atoms with E-state index in [1.165, 1.54) is 41.1 Å². The quantitative estimate of drug-likeness (QED) is 0.0288. The van der Waals surface area contributed by atoms with Crippen LogP contribution in [0, 0.1) is 27.0 Å². The summed E-state index contributed by atoms with van der Waals surface area (Å²) in [5.41, 5.74) is 5.32. The van der Waals surface area contributed by atoms with Gasteiger partial charge < -0.3 is 29.4 Å². The first-order valence-corrected chi connectivity index (χ1v) is 26.6. The van der Waals surface area contributed by atoms with Crippen LogP contribution in [-0.2, 0) is 20.1 Å². The number of hydrogen-bond donors (Lipinski definition) is 5. The molecular weight excluding hydrogens is 928 g/mol. The summed E-state index contributed by atoms with van der Waals surface area (Å²) in [6.45, 7) is 12.2. The van der Waals surface area contributed by atoms with Crippen molar-refractivity contribution in [3.05, 3.63) is 117 Å². The number of aromatic nitrogens is 2. The number of nitrogens with zero attached hydrogens (tertiary/aromatic N) is 7. The lowest BCUT2D eigenvalue weighted by Gasteiger charge is -2.39. The number of anilines is 2. The number of allylic oxidation sites excluding steroid dienone is 1. The molecule has 4 heterocycles. The zero-order chi connectivity index (χ0) is 48.2. The Balaban J connectivity index is 0.965. The summed E-state index contributed by atoms with van der Waals surface area (Å²) in [4.78, 5) is 39.5. The van der Waals surface area contributed by atoms with Gasteiger partial charge in [-0.3, -0.25) is 19.8 Å². The number of amides is 1. The second-order valence-electron chi connectivity index (χ2n) is 18.6. The van der Waals surface area contributed by atoms with Gasteiger partial charge in [0.2, 0.25) is 6.19 Å². The molecule has 0 spiro atoms. The zero-order valence-electron chi connectivity index (χ0n) is 38.3. The van der Waals surface area contributed by atoms with Crippen molar-refractivity contribution in [3.63, 3.8) is 0 Å². The number of hydrogen-bond acceptors (Lipinski definition) is 13. The Morgan fingerprint density at radius 1 is 1.06 bits per heavy atom. The van der Waals surface area contributed by atoms with Gasteiger partial charge in [-0.25, -0.2) is 18.1 Å². The molecule has 2 aromatic heterocycles. The highest BCUT2D eigenvalue weighted by atomic mass is 35.5. The monoisotopic (exact) mass is 984 g/mol. The number of ether oxygens (including phenoxy) is 1. The van der Waals surface area contributed by atoms with E-state index in [1.807, 2.05) is 25.1 Å². The largest absolute Gasteiger partial charge is 0.455 e. The highest BCUT2D eigenvalue weighted by molar-refractivity contribution is 8.00. The number of sulfonamides is 1. The van der Waals surface area contributed by atoms with Crippen molar-refractivity contribution in [1.29, 1.82) is 5.26 Å². The molecule has 2 saturated heterocycles. The standard InChI is InChI=1S/C48H57ClN10O7S2/c1-33(14-17-56-22-24-67(63,25-23-56)53-32-50)54-43-11-9-40(28-44(43)59(61)62)68(64,65)55-47(60)41-10-8-38(27-45(41)66-39-26-35-13-16-51-46(35)52-30-39)58-20-18-57(19-21-58)31-36-12-15-48(2,3)29-42(36)34-4-6-37(49)7-5-34/h4-11,13,16,26-28,30,33,54,67H,12,14-15,17-25,29,31H2,1-3H3,(H,51,52)(H,53,63)(H,55,60)/t33-/m0/s1. The third-order valence-electron chi connectivity index (χ3n) is 13.1. The first-order chi connectivity index (χ1) is 32.5. The minimum Gasteiger partial charge on any atom is -0.455 e. The van der Waals surface area contributed by atoms with E-state index in [1.54, 1.807) is 30.6 Å². The van der Waals surface area contributed by atoms with E-state index in [0.29, 0.717) is 62.0 Å². The van der Waals surface area contributed by atoms with Gasteiger partial charge >= 0.3 is 0 Å². The van der Waals surface area contributed by atoms with E-state index >= 15 is 0 Å². The predicted octanol–water partition coefficient (Wildman–Crippen LogP) is 8.35. The maximum Gasteiger partial charge on any atom is 0.293 e. The van der Waals surface area contributed by atoms with Gasteiger partial charge in [-0.2, -0.15) is 5.26 Å². The molecule has 1 atom stereocenters. The van der Waals surface area contributed by atoms with E-state index < -0.39 is 41.5 Å². The maximum absolute atomic E-state index is 14.0. The number of pyridine rings is 1. The van der Waals surface area contributed by atoms with Crippen LogP contribution in [0.25, 0.3) is 16.6 Å². The minimum atomic E-state index is -4.62. The van der Waals surface area contributed by atoms with Crippen LogP contribution in [0.5, 0.6) is 11.5 Å². The number of nitro benzene ring substituents is 1. The van der Waals surface area contributed by atoms with Crippen LogP contribution in [0.3, 0.4) is 0 Å². The number of nitrogens with one attached hydrogen (secondary N) is 3. The van der Waals surface area contributed by atoms with Crippen LogP contribution in [0.1, 0.15) is 62.4 Å². The molecular formula is C48H57ClN10O7S2. The Morgan fingerprint density at radius 3 is 2.53 bits per heavy atom. The Morgan fingerprint density at radius 2 is 1.81 bits per heavy atom. The summed E-state index contributed by atoms with van der Waals surface area (Å²) in [5, 5.41) is 25.8. The van der Waals surface area contributed by atoms with Crippen LogP contribution < -0.4 is 19.7 Å². The smallest absolute Gasteiger partial charge is 0.293 e. The number of carbonyl (C=O) groups is 1. The molecule has 3 aliphatic rings. The average molecular weight is 986 g/mol. The second kappa shape index (κ2) is 20.4. The van der Waals surface area contributed by atoms with Gasteiger partial charge in [0.15, 0.2) is 0 Å². The third-order valence-corrected chi connectivity index (χ3v) is 17.0. The number of halogens is 1. The molecule has 2 fully saturated rings. The second-order valence-corrected chi connectivity index (χ2v) is 23.6. The minimum absolute atomic E-state index is 0.0617. The number of carbonyl (C=O) groups excluding carboxylic acids is 1. The zero-order valence-corrected chi connectivity index (χ0v) is 40.8. The Labute approximate surface area is 402 Å². The molecule has 68 heavy (non-hydrogen) atoms. The Hall–Kier alpha value is -5.88. The summed E-state index contributed by atoms with van der Waals surface area (Å²) >= 11 is 6.25. The van der Waals surface area contributed by atoms with Crippen LogP contribution >= 0.6 is 11.6 Å². The van der Waals surface area contributed by atoms with Gasteiger partial charge in [-0.05, 0) is 97.7 Å². The van der Waals surface area contributed by atoms with Crippen LogP contribution in [-0.4, -0.2) is 113 Å². The predicted molar refractivity (Wildman–Crippen MR) is 268 cm³/mol. The van der Waals surface area contributed by atoms with Gasteiger partial charge in [0.25, 0.3) is 21.6 Å². The third kappa shape index (κ3) is 11.7. The fraction of sp³-hybridized carbons (Fsp3) is 0.396. The molecule has 2 aliphatic heterocycles. The molecule has 0 bridgehead atoms. The summed E-state index contributed by atoms with van der Waals surface area (Å²) in [6.07, 6.45) is 8.75. The molecule has 20 heteroatoms. The van der Waals surface area contributed by atoms with Crippen LogP contribution in [0.4, 0.5) is 17.1 Å². The van der Waals surface area contributed by atoms with E-state index in [0.717, 1.165) is 61.1 Å². The number of nitro groups is 1. The molecule has 1 aliphatic carbocycles. The fourth-order valence-corrected chi connectivity index (χ4v) is 12.0. The number of benzene rings is 3. The van der Waals surface area contributed by atoms with Crippen LogP contribution in [0.15, 0.2) is 100 Å². The summed E-state index contributed by atoms with van der Waals surface area (Å²) in [5.74, 6) is 0.332. The molecule has 0 unspecified atom stereocenters. The van der Waals surface area contributed by atoms with Gasteiger partial charge in [-0.15, -0.1) is 4.36 Å². The number of fused-ring (bicyclic) bond motifs is 1. The van der Waals surface area contributed by atoms with Crippen LogP contribution in [0.2, 0.25) is 5.02 Å². The van der Waals surface area contributed by atoms with Gasteiger partial charge in [0.05, 0.1) is 21.6 Å². The fourth-order valence-electron chi connectivity index (χ4n) is 9.12. The lowest BCUT2D eigenvalue weighted by molar-refractivity contribution is -0.384. The van der Waals surface area contributed by atoms with Crippen molar-refractivity contribution in [2.45, 2.75) is 57.4 Å². The lowest BCUT2D eigenvalue weighted by Crippen LogP contribution is -2.47. The number of piperazine rings is 1. The SMILES string of the molecule is C[C@@H](CCN1CC[SH](O)(=NC#N)CC1)Nc1ccc(S(=O)(=O)NC(=O)c2ccc(N3CCN(CC4=C(c5ccc(Cl)cc5)CC(C)(C)CC4)CC3)cc2Oc2cnc3[nH]ccc3c2)cc1[N+](=O)[O-]. The van der Waals surface area contributed by atoms with Crippen molar-refractivity contribution < 1.29 is 27.4 Å².